The molecule has 3 aromatic rings. The molecule has 1 N–H and O–H groups in total. The summed E-state index contributed by atoms with van der Waals surface area (Å²) >= 11 is 3.39. The maximum atomic E-state index is 13.2. The first kappa shape index (κ1) is 18.9. The van der Waals surface area contributed by atoms with E-state index >= 15 is 0 Å². The third-order valence-electron chi connectivity index (χ3n) is 5.08. The Hall–Kier alpha value is -3.11. The highest BCUT2D eigenvalue weighted by Gasteiger charge is 2.41. The van der Waals surface area contributed by atoms with Crippen molar-refractivity contribution in [1.29, 1.82) is 0 Å². The molecule has 3 heterocycles. The standard InChI is InChI=1S/C20H16BrFN6O2/c21-14-5-1-13(2-6-14)19-24-18(30-26-19)10-27-20(29)17-9-16(25-28(17)11-23-27)12-3-7-15(22)8-4-12/h1-8,11,16-17,25H,9-10H2. The molecule has 8 nitrogen and oxygen atoms in total. The van der Waals surface area contributed by atoms with Crippen LogP contribution >= 0.6 is 15.9 Å². The van der Waals surface area contributed by atoms with E-state index in [2.05, 4.69) is 36.6 Å². The quantitative estimate of drug-likeness (QED) is 0.629. The molecule has 2 aromatic carbocycles. The molecule has 0 radical (unpaired) electrons. The smallest absolute Gasteiger partial charge is 0.267 e. The number of aromatic nitrogens is 2. The van der Waals surface area contributed by atoms with Crippen LogP contribution in [0, 0.1) is 5.82 Å². The fourth-order valence-corrected chi connectivity index (χ4v) is 3.79. The Morgan fingerprint density at radius 2 is 1.93 bits per heavy atom. The van der Waals surface area contributed by atoms with Gasteiger partial charge in [-0.3, -0.25) is 9.80 Å². The minimum Gasteiger partial charge on any atom is -0.337 e. The molecule has 1 amide bonds. The number of nitrogens with one attached hydrogen (secondary N) is 1. The van der Waals surface area contributed by atoms with E-state index in [-0.39, 0.29) is 24.3 Å². The topological polar surface area (TPSA) is 86.9 Å². The molecule has 10 heteroatoms. The zero-order valence-electron chi connectivity index (χ0n) is 15.6. The number of carbonyl (C=O) groups excluding carboxylic acids is 1. The van der Waals surface area contributed by atoms with Crippen LogP contribution in [0.1, 0.15) is 23.9 Å². The number of halogens is 2. The van der Waals surface area contributed by atoms with E-state index in [1.54, 1.807) is 23.5 Å². The van der Waals surface area contributed by atoms with Crippen molar-refractivity contribution in [2.75, 3.05) is 0 Å². The van der Waals surface area contributed by atoms with Gasteiger partial charge in [0.2, 0.25) is 11.7 Å². The van der Waals surface area contributed by atoms with Gasteiger partial charge in [0.1, 0.15) is 24.7 Å². The van der Waals surface area contributed by atoms with Gasteiger partial charge >= 0.3 is 0 Å². The van der Waals surface area contributed by atoms with Crippen molar-refractivity contribution in [2.45, 2.75) is 25.0 Å². The lowest BCUT2D eigenvalue weighted by atomic mass is 10.0. The first-order chi connectivity index (χ1) is 14.6. The second-order valence-corrected chi connectivity index (χ2v) is 7.95. The zero-order valence-corrected chi connectivity index (χ0v) is 17.2. The summed E-state index contributed by atoms with van der Waals surface area (Å²) in [6, 6.07) is 13.3. The summed E-state index contributed by atoms with van der Waals surface area (Å²) in [6.45, 7) is 0.0877. The largest absolute Gasteiger partial charge is 0.337 e. The lowest BCUT2D eigenvalue weighted by molar-refractivity contribution is -0.137. The molecule has 2 aliphatic rings. The van der Waals surface area contributed by atoms with Gasteiger partial charge in [-0.2, -0.15) is 10.1 Å². The number of carbonyl (C=O) groups is 1. The molecule has 0 bridgehead atoms. The van der Waals surface area contributed by atoms with E-state index in [9.17, 15) is 9.18 Å². The number of fused-ring (bicyclic) bond motifs is 1. The Bertz CT molecular complexity index is 1100. The molecule has 0 spiro atoms. The summed E-state index contributed by atoms with van der Waals surface area (Å²) in [5, 5.41) is 11.2. The van der Waals surface area contributed by atoms with Crippen molar-refractivity contribution in [3.8, 4) is 11.4 Å². The second-order valence-electron chi connectivity index (χ2n) is 7.04. The van der Waals surface area contributed by atoms with Gasteiger partial charge in [0.15, 0.2) is 0 Å². The molecule has 30 heavy (non-hydrogen) atoms. The molecule has 1 aromatic heterocycles. The van der Waals surface area contributed by atoms with Gasteiger partial charge in [0.05, 0.1) is 6.04 Å². The monoisotopic (exact) mass is 470 g/mol. The molecule has 0 aliphatic carbocycles. The van der Waals surface area contributed by atoms with Gasteiger partial charge in [-0.1, -0.05) is 33.2 Å². The van der Waals surface area contributed by atoms with Gasteiger partial charge in [0, 0.05) is 10.0 Å². The highest BCUT2D eigenvalue weighted by molar-refractivity contribution is 9.10. The SMILES string of the molecule is O=C1C2CC(c3ccc(F)cc3)NN2C=NN1Cc1nc(-c2ccc(Br)cc2)no1. The number of hydrazine groups is 1. The average molecular weight is 471 g/mol. The summed E-state index contributed by atoms with van der Waals surface area (Å²) in [6.07, 6.45) is 2.11. The van der Waals surface area contributed by atoms with Crippen molar-refractivity contribution in [1.82, 2.24) is 25.6 Å². The van der Waals surface area contributed by atoms with Crippen LogP contribution in [-0.4, -0.2) is 38.4 Å². The minimum atomic E-state index is -0.411. The molecule has 5 rings (SSSR count). The molecule has 2 atom stereocenters. The maximum Gasteiger partial charge on any atom is 0.267 e. The summed E-state index contributed by atoms with van der Waals surface area (Å²) in [5.74, 6) is 0.290. The van der Waals surface area contributed by atoms with Gasteiger partial charge in [-0.25, -0.2) is 14.8 Å². The molecule has 2 aliphatic heterocycles. The number of hydrogen-bond acceptors (Lipinski definition) is 7. The number of amides is 1. The Morgan fingerprint density at radius 1 is 1.17 bits per heavy atom. The van der Waals surface area contributed by atoms with E-state index in [4.69, 9.17) is 4.52 Å². The molecule has 152 valence electrons. The molecular formula is C20H16BrFN6O2. The van der Waals surface area contributed by atoms with Gasteiger partial charge in [-0.05, 0) is 48.4 Å². The van der Waals surface area contributed by atoms with E-state index in [0.29, 0.717) is 18.1 Å². The first-order valence-electron chi connectivity index (χ1n) is 9.31. The Labute approximate surface area is 179 Å². The van der Waals surface area contributed by atoms with E-state index in [1.807, 2.05) is 24.3 Å². The van der Waals surface area contributed by atoms with Crippen LogP contribution in [0.25, 0.3) is 11.4 Å². The summed E-state index contributed by atoms with van der Waals surface area (Å²) < 4.78 is 19.4. The third kappa shape index (κ3) is 3.59. The van der Waals surface area contributed by atoms with Crippen molar-refractivity contribution >= 4 is 28.2 Å². The number of benzene rings is 2. The van der Waals surface area contributed by atoms with Gasteiger partial charge < -0.3 is 4.52 Å². The number of hydrazone groups is 1. The number of hydrogen-bond donors (Lipinski definition) is 1. The van der Waals surface area contributed by atoms with Crippen molar-refractivity contribution in [3.63, 3.8) is 0 Å². The Kier molecular flexibility index (Phi) is 4.80. The van der Waals surface area contributed by atoms with Crippen molar-refractivity contribution in [2.24, 2.45) is 5.10 Å². The molecule has 0 saturated carbocycles. The average Bonchev–Trinajstić information content (AvgIpc) is 3.39. The summed E-state index contributed by atoms with van der Waals surface area (Å²) in [4.78, 5) is 17.3. The van der Waals surface area contributed by atoms with Crippen LogP contribution in [0.2, 0.25) is 0 Å². The van der Waals surface area contributed by atoms with Crippen LogP contribution in [0.5, 0.6) is 0 Å². The Balaban J connectivity index is 1.28. The Morgan fingerprint density at radius 3 is 2.70 bits per heavy atom. The summed E-state index contributed by atoms with van der Waals surface area (Å²) in [7, 11) is 0. The predicted molar refractivity (Wildman–Crippen MR) is 109 cm³/mol. The fraction of sp³-hybridized carbons (Fsp3) is 0.200. The molecule has 1 saturated heterocycles. The van der Waals surface area contributed by atoms with Crippen LogP contribution in [0.3, 0.4) is 0 Å². The third-order valence-corrected chi connectivity index (χ3v) is 5.61. The van der Waals surface area contributed by atoms with Crippen LogP contribution < -0.4 is 5.43 Å². The summed E-state index contributed by atoms with van der Waals surface area (Å²) in [5.41, 5.74) is 4.96. The highest BCUT2D eigenvalue weighted by Crippen LogP contribution is 2.30. The zero-order chi connectivity index (χ0) is 20.7. The van der Waals surface area contributed by atoms with Gasteiger partial charge in [-0.15, -0.1) is 0 Å². The van der Waals surface area contributed by atoms with Crippen LogP contribution in [0.15, 0.2) is 62.6 Å². The molecule has 2 unspecified atom stereocenters. The number of rotatable bonds is 4. The maximum absolute atomic E-state index is 13.2. The predicted octanol–water partition coefficient (Wildman–Crippen LogP) is 3.24. The highest BCUT2D eigenvalue weighted by atomic mass is 79.9. The van der Waals surface area contributed by atoms with Crippen molar-refractivity contribution in [3.05, 3.63) is 70.3 Å². The van der Waals surface area contributed by atoms with E-state index in [0.717, 1.165) is 15.6 Å². The number of nitrogens with zero attached hydrogens (tertiary/aromatic N) is 5. The lowest BCUT2D eigenvalue weighted by Crippen LogP contribution is -2.50. The fourth-order valence-electron chi connectivity index (χ4n) is 3.53. The van der Waals surface area contributed by atoms with Gasteiger partial charge in [0.25, 0.3) is 5.91 Å². The van der Waals surface area contributed by atoms with E-state index < -0.39 is 6.04 Å². The normalized spacial score (nSPS) is 20.7. The van der Waals surface area contributed by atoms with E-state index in [1.165, 1.54) is 17.1 Å². The lowest BCUT2D eigenvalue weighted by Gasteiger charge is -2.29. The van der Waals surface area contributed by atoms with Crippen molar-refractivity contribution < 1.29 is 13.7 Å². The van der Waals surface area contributed by atoms with Crippen LogP contribution in [0.4, 0.5) is 4.39 Å². The molecule has 1 fully saturated rings. The van der Waals surface area contributed by atoms with Crippen LogP contribution in [-0.2, 0) is 11.3 Å². The first-order valence-corrected chi connectivity index (χ1v) is 10.1. The molecular weight excluding hydrogens is 455 g/mol. The second kappa shape index (κ2) is 7.62. The minimum absolute atomic E-state index is 0.0877.